The molecule has 0 spiro atoms. The van der Waals surface area contributed by atoms with E-state index in [0.717, 1.165) is 25.9 Å². The van der Waals surface area contributed by atoms with Crippen molar-refractivity contribution in [2.75, 3.05) is 13.1 Å². The van der Waals surface area contributed by atoms with Gasteiger partial charge in [0, 0.05) is 6.54 Å². The van der Waals surface area contributed by atoms with Gasteiger partial charge < -0.3 is 10.4 Å². The summed E-state index contributed by atoms with van der Waals surface area (Å²) in [6, 6.07) is 0. The molecule has 0 amide bonds. The molecule has 0 aromatic heterocycles. The molecule has 2 N–H and O–H groups in total. The van der Waals surface area contributed by atoms with E-state index < -0.39 is 0 Å². The van der Waals surface area contributed by atoms with Gasteiger partial charge in [0.1, 0.15) is 0 Å². The van der Waals surface area contributed by atoms with Crippen LogP contribution in [0.25, 0.3) is 0 Å². The van der Waals surface area contributed by atoms with Gasteiger partial charge in [0.2, 0.25) is 0 Å². The number of hydrogen-bond acceptors (Lipinski definition) is 2. The van der Waals surface area contributed by atoms with Crippen molar-refractivity contribution in [3.05, 3.63) is 0 Å². The Hall–Kier alpha value is -0.0800. The molecular formula is C11H23NO. The topological polar surface area (TPSA) is 32.3 Å². The summed E-state index contributed by atoms with van der Waals surface area (Å²) in [4.78, 5) is 0. The number of nitrogens with one attached hydrogen (secondary N) is 1. The van der Waals surface area contributed by atoms with Gasteiger partial charge in [-0.1, -0.05) is 26.7 Å². The molecule has 1 aliphatic heterocycles. The van der Waals surface area contributed by atoms with E-state index in [4.69, 9.17) is 0 Å². The lowest BCUT2D eigenvalue weighted by Crippen LogP contribution is -2.39. The third kappa shape index (κ3) is 2.96. The number of hydrogen-bond donors (Lipinski definition) is 2. The lowest BCUT2D eigenvalue weighted by atomic mass is 9.83. The molecule has 0 bridgehead atoms. The van der Waals surface area contributed by atoms with Crippen LogP contribution in [0.2, 0.25) is 0 Å². The van der Waals surface area contributed by atoms with Gasteiger partial charge in [0.05, 0.1) is 6.10 Å². The first kappa shape index (κ1) is 11.0. The summed E-state index contributed by atoms with van der Waals surface area (Å²) in [5, 5.41) is 13.5. The summed E-state index contributed by atoms with van der Waals surface area (Å²) in [7, 11) is 0. The minimum absolute atomic E-state index is 0.0807. The monoisotopic (exact) mass is 185 g/mol. The van der Waals surface area contributed by atoms with Gasteiger partial charge in [-0.15, -0.1) is 0 Å². The molecule has 1 rings (SSSR count). The van der Waals surface area contributed by atoms with Gasteiger partial charge >= 0.3 is 0 Å². The fourth-order valence-corrected chi connectivity index (χ4v) is 2.33. The molecule has 1 saturated heterocycles. The molecule has 0 aromatic rings. The van der Waals surface area contributed by atoms with Crippen LogP contribution in [0.1, 0.15) is 39.5 Å². The number of rotatable bonds is 4. The van der Waals surface area contributed by atoms with Crippen LogP contribution in [0.5, 0.6) is 0 Å². The maximum atomic E-state index is 10.1. The normalized spacial score (nSPS) is 26.3. The van der Waals surface area contributed by atoms with Crippen molar-refractivity contribution in [3.8, 4) is 0 Å². The van der Waals surface area contributed by atoms with E-state index in [-0.39, 0.29) is 6.10 Å². The highest BCUT2D eigenvalue weighted by Crippen LogP contribution is 2.24. The van der Waals surface area contributed by atoms with E-state index in [1.807, 2.05) is 0 Å². The molecule has 0 aliphatic carbocycles. The van der Waals surface area contributed by atoms with E-state index in [1.54, 1.807) is 0 Å². The molecule has 2 atom stereocenters. The Bertz CT molecular complexity index is 128. The summed E-state index contributed by atoms with van der Waals surface area (Å²) in [6.07, 6.45) is 4.55. The molecule has 13 heavy (non-hydrogen) atoms. The zero-order valence-electron chi connectivity index (χ0n) is 8.92. The highest BCUT2D eigenvalue weighted by atomic mass is 16.3. The Morgan fingerprint density at radius 3 is 2.54 bits per heavy atom. The second kappa shape index (κ2) is 5.61. The van der Waals surface area contributed by atoms with Crippen molar-refractivity contribution in [3.63, 3.8) is 0 Å². The largest absolute Gasteiger partial charge is 0.393 e. The fourth-order valence-electron chi connectivity index (χ4n) is 2.33. The lowest BCUT2D eigenvalue weighted by Gasteiger charge is -2.31. The molecule has 1 heterocycles. The minimum Gasteiger partial charge on any atom is -0.393 e. The Morgan fingerprint density at radius 1 is 1.38 bits per heavy atom. The van der Waals surface area contributed by atoms with E-state index >= 15 is 0 Å². The quantitative estimate of drug-likeness (QED) is 0.700. The second-order valence-corrected chi connectivity index (χ2v) is 4.17. The average Bonchev–Trinajstić information content (AvgIpc) is 2.21. The van der Waals surface area contributed by atoms with Crippen molar-refractivity contribution in [2.45, 2.75) is 45.6 Å². The average molecular weight is 185 g/mol. The van der Waals surface area contributed by atoms with Gasteiger partial charge in [-0.3, -0.25) is 0 Å². The van der Waals surface area contributed by atoms with Crippen molar-refractivity contribution in [1.29, 1.82) is 0 Å². The maximum Gasteiger partial charge on any atom is 0.0608 e. The third-order valence-electron chi connectivity index (χ3n) is 3.35. The zero-order chi connectivity index (χ0) is 9.68. The molecule has 2 unspecified atom stereocenters. The van der Waals surface area contributed by atoms with Crippen molar-refractivity contribution in [2.24, 2.45) is 11.8 Å². The Balaban J connectivity index is 2.38. The fraction of sp³-hybridized carbons (Fsp3) is 1.00. The first-order chi connectivity index (χ1) is 6.29. The van der Waals surface area contributed by atoms with Crippen molar-refractivity contribution < 1.29 is 5.11 Å². The van der Waals surface area contributed by atoms with Gasteiger partial charge in [-0.2, -0.15) is 0 Å². The van der Waals surface area contributed by atoms with E-state index in [1.165, 1.54) is 12.8 Å². The standard InChI is InChI=1S/C11H23NO/c1-3-9(4-2)11(13)10-6-5-7-12-8-10/h9-13H,3-8H2,1-2H3. The van der Waals surface area contributed by atoms with Crippen LogP contribution in [-0.2, 0) is 0 Å². The minimum atomic E-state index is -0.0807. The Kier molecular flexibility index (Phi) is 4.74. The second-order valence-electron chi connectivity index (χ2n) is 4.17. The highest BCUT2D eigenvalue weighted by Gasteiger charge is 2.26. The summed E-state index contributed by atoms with van der Waals surface area (Å²) >= 11 is 0. The number of piperidine rings is 1. The first-order valence-electron chi connectivity index (χ1n) is 5.68. The number of aliphatic hydroxyl groups excluding tert-OH is 1. The van der Waals surface area contributed by atoms with E-state index in [9.17, 15) is 5.11 Å². The summed E-state index contributed by atoms with van der Waals surface area (Å²) < 4.78 is 0. The van der Waals surface area contributed by atoms with Crippen LogP contribution < -0.4 is 5.32 Å². The molecular weight excluding hydrogens is 162 g/mol. The number of aliphatic hydroxyl groups is 1. The molecule has 2 nitrogen and oxygen atoms in total. The molecule has 0 radical (unpaired) electrons. The SMILES string of the molecule is CCC(CC)C(O)C1CCCNC1. The lowest BCUT2D eigenvalue weighted by molar-refractivity contribution is 0.0358. The molecule has 78 valence electrons. The highest BCUT2D eigenvalue weighted by molar-refractivity contribution is 4.79. The molecule has 1 fully saturated rings. The van der Waals surface area contributed by atoms with Crippen molar-refractivity contribution in [1.82, 2.24) is 5.32 Å². The first-order valence-corrected chi connectivity index (χ1v) is 5.68. The summed E-state index contributed by atoms with van der Waals surface area (Å²) in [6.45, 7) is 6.49. The van der Waals surface area contributed by atoms with Crippen molar-refractivity contribution >= 4 is 0 Å². The molecule has 1 aliphatic rings. The predicted molar refractivity (Wildman–Crippen MR) is 55.7 cm³/mol. The maximum absolute atomic E-state index is 10.1. The summed E-state index contributed by atoms with van der Waals surface area (Å²) in [5.41, 5.74) is 0. The van der Waals surface area contributed by atoms with E-state index in [0.29, 0.717) is 11.8 Å². The molecule has 0 saturated carbocycles. The van der Waals surface area contributed by atoms with Crippen LogP contribution in [0.4, 0.5) is 0 Å². The van der Waals surface area contributed by atoms with Gasteiger partial charge in [-0.25, -0.2) is 0 Å². The summed E-state index contributed by atoms with van der Waals surface area (Å²) in [5.74, 6) is 1.00. The van der Waals surface area contributed by atoms with Gasteiger partial charge in [-0.05, 0) is 31.2 Å². The van der Waals surface area contributed by atoms with Crippen LogP contribution in [0, 0.1) is 11.8 Å². The van der Waals surface area contributed by atoms with Crippen LogP contribution >= 0.6 is 0 Å². The van der Waals surface area contributed by atoms with Crippen LogP contribution in [0.15, 0.2) is 0 Å². The van der Waals surface area contributed by atoms with Gasteiger partial charge in [0.15, 0.2) is 0 Å². The van der Waals surface area contributed by atoms with E-state index in [2.05, 4.69) is 19.2 Å². The smallest absolute Gasteiger partial charge is 0.0608 e. The third-order valence-corrected chi connectivity index (χ3v) is 3.35. The van der Waals surface area contributed by atoms with Gasteiger partial charge in [0.25, 0.3) is 0 Å². The Labute approximate surface area is 81.7 Å². The predicted octanol–water partition coefficient (Wildman–Crippen LogP) is 1.78. The molecule has 2 heteroatoms. The molecule has 0 aromatic carbocycles. The van der Waals surface area contributed by atoms with Crippen LogP contribution in [0.3, 0.4) is 0 Å². The zero-order valence-corrected chi connectivity index (χ0v) is 8.92. The Morgan fingerprint density at radius 2 is 2.08 bits per heavy atom. The van der Waals surface area contributed by atoms with Crippen LogP contribution in [-0.4, -0.2) is 24.3 Å².